The standard InChI is InChI=1S/C35H52FN5O2/c1-24(2)31(10-9-14-38(6)16-17-43-8)40-15-13-27(22-40)18-28-23-41(33-21-37-20-26(5)34(28)33)32-12-11-29(36)19-30(32)35(42)39(7)25(3)4/h11-12,19-21,23-25,27,31H,9-10,13-18,22H2,1-8H3/t27-,31-/m1/s1. The molecule has 8 heteroatoms. The van der Waals surface area contributed by atoms with Gasteiger partial charge in [-0.05, 0) is 108 Å². The van der Waals surface area contributed by atoms with E-state index in [0.717, 1.165) is 50.3 Å². The van der Waals surface area contributed by atoms with Gasteiger partial charge in [-0.25, -0.2) is 4.39 Å². The summed E-state index contributed by atoms with van der Waals surface area (Å²) >= 11 is 0. The Morgan fingerprint density at radius 3 is 2.63 bits per heavy atom. The van der Waals surface area contributed by atoms with Crippen molar-refractivity contribution in [2.75, 3.05) is 54.0 Å². The number of hydrogen-bond donors (Lipinski definition) is 0. The van der Waals surface area contributed by atoms with E-state index < -0.39 is 5.82 Å². The molecule has 0 aliphatic carbocycles. The summed E-state index contributed by atoms with van der Waals surface area (Å²) in [5.74, 6) is 0.558. The van der Waals surface area contributed by atoms with Gasteiger partial charge in [0.25, 0.3) is 5.91 Å². The third-order valence-electron chi connectivity index (χ3n) is 9.31. The maximum Gasteiger partial charge on any atom is 0.256 e. The highest BCUT2D eigenvalue weighted by molar-refractivity contribution is 5.99. The van der Waals surface area contributed by atoms with Crippen molar-refractivity contribution in [1.82, 2.24) is 24.3 Å². The molecule has 43 heavy (non-hydrogen) atoms. The number of carbonyl (C=O) groups excluding carboxylic acids is 1. The number of fused-ring (bicyclic) bond motifs is 1. The molecule has 0 bridgehead atoms. The Kier molecular flexibility index (Phi) is 11.4. The summed E-state index contributed by atoms with van der Waals surface area (Å²) in [6.07, 6.45) is 10.5. The normalized spacial score (nSPS) is 16.7. The van der Waals surface area contributed by atoms with E-state index in [1.165, 1.54) is 42.3 Å². The van der Waals surface area contributed by atoms with Crippen LogP contribution in [0.15, 0.2) is 36.8 Å². The van der Waals surface area contributed by atoms with Crippen LogP contribution >= 0.6 is 0 Å². The molecule has 1 amide bonds. The quantitative estimate of drug-likeness (QED) is 0.223. The summed E-state index contributed by atoms with van der Waals surface area (Å²) in [7, 11) is 5.70. The minimum absolute atomic E-state index is 0.000963. The molecule has 0 radical (unpaired) electrons. The van der Waals surface area contributed by atoms with Gasteiger partial charge in [0, 0.05) is 57.1 Å². The molecule has 0 spiro atoms. The Morgan fingerprint density at radius 1 is 1.16 bits per heavy atom. The third kappa shape index (κ3) is 7.83. The van der Waals surface area contributed by atoms with Crippen molar-refractivity contribution < 1.29 is 13.9 Å². The molecule has 1 aliphatic rings. The van der Waals surface area contributed by atoms with Gasteiger partial charge in [0.2, 0.25) is 0 Å². The molecule has 3 heterocycles. The smallest absolute Gasteiger partial charge is 0.256 e. The summed E-state index contributed by atoms with van der Waals surface area (Å²) in [6.45, 7) is 15.8. The van der Waals surface area contributed by atoms with Gasteiger partial charge in [-0.2, -0.15) is 0 Å². The number of nitrogens with zero attached hydrogens (tertiary/aromatic N) is 5. The number of aryl methyl sites for hydroxylation is 1. The van der Waals surface area contributed by atoms with Gasteiger partial charge in [0.15, 0.2) is 0 Å². The van der Waals surface area contributed by atoms with Gasteiger partial charge in [0.1, 0.15) is 5.82 Å². The number of hydrogen-bond acceptors (Lipinski definition) is 5. The monoisotopic (exact) mass is 593 g/mol. The van der Waals surface area contributed by atoms with Crippen molar-refractivity contribution in [2.45, 2.75) is 72.4 Å². The Bertz CT molecular complexity index is 1370. The minimum atomic E-state index is -0.414. The maximum absolute atomic E-state index is 14.5. The number of benzene rings is 1. The van der Waals surface area contributed by atoms with Crippen LogP contribution in [0.2, 0.25) is 0 Å². The lowest BCUT2D eigenvalue weighted by atomic mass is 9.96. The van der Waals surface area contributed by atoms with Crippen LogP contribution in [0.1, 0.15) is 68.4 Å². The van der Waals surface area contributed by atoms with Crippen molar-refractivity contribution in [3.8, 4) is 5.69 Å². The van der Waals surface area contributed by atoms with Gasteiger partial charge in [0.05, 0.1) is 29.6 Å². The molecule has 2 atom stereocenters. The molecule has 7 nitrogen and oxygen atoms in total. The molecular weight excluding hydrogens is 541 g/mol. The highest BCUT2D eigenvalue weighted by Crippen LogP contribution is 2.34. The van der Waals surface area contributed by atoms with Crippen molar-refractivity contribution >= 4 is 16.8 Å². The predicted octanol–water partition coefficient (Wildman–Crippen LogP) is 6.20. The Balaban J connectivity index is 1.56. The number of likely N-dealkylation sites (N-methyl/N-ethyl adjacent to an activating group) is 1. The number of halogens is 1. The molecule has 4 rings (SSSR count). The summed E-state index contributed by atoms with van der Waals surface area (Å²) in [6, 6.07) is 5.10. The summed E-state index contributed by atoms with van der Waals surface area (Å²) in [4.78, 5) is 24.7. The second kappa shape index (κ2) is 14.8. The SMILES string of the molecule is COCCN(C)CCC[C@H](C(C)C)N1CC[C@H](Cc2cn(-c3ccc(F)cc3C(=O)N(C)C(C)C)c3cncc(C)c23)C1. The van der Waals surface area contributed by atoms with Crippen molar-refractivity contribution in [3.63, 3.8) is 0 Å². The Morgan fingerprint density at radius 2 is 1.93 bits per heavy atom. The second-order valence-corrected chi connectivity index (χ2v) is 13.1. The van der Waals surface area contributed by atoms with Crippen molar-refractivity contribution in [1.29, 1.82) is 0 Å². The molecule has 236 valence electrons. The largest absolute Gasteiger partial charge is 0.383 e. The molecule has 0 unspecified atom stereocenters. The number of amides is 1. The van der Waals surface area contributed by atoms with Crippen LogP contribution in [0.4, 0.5) is 4.39 Å². The van der Waals surface area contributed by atoms with E-state index in [-0.39, 0.29) is 11.9 Å². The zero-order valence-corrected chi connectivity index (χ0v) is 27.6. The summed E-state index contributed by atoms with van der Waals surface area (Å²) in [5.41, 5.74) is 4.39. The highest BCUT2D eigenvalue weighted by Gasteiger charge is 2.31. The third-order valence-corrected chi connectivity index (χ3v) is 9.31. The van der Waals surface area contributed by atoms with E-state index in [0.29, 0.717) is 29.1 Å². The number of pyridine rings is 1. The van der Waals surface area contributed by atoms with Crippen LogP contribution in [0.3, 0.4) is 0 Å². The minimum Gasteiger partial charge on any atom is -0.383 e. The lowest BCUT2D eigenvalue weighted by molar-refractivity contribution is 0.0754. The number of likely N-dealkylation sites (tertiary alicyclic amines) is 1. The molecule has 1 aromatic carbocycles. The number of rotatable bonds is 14. The van der Waals surface area contributed by atoms with Gasteiger partial charge in [-0.3, -0.25) is 14.7 Å². The van der Waals surface area contributed by atoms with Crippen LogP contribution in [0.5, 0.6) is 0 Å². The number of aromatic nitrogens is 2. The molecule has 0 N–H and O–H groups in total. The molecular formula is C35H52FN5O2. The first kappa shape index (κ1) is 33.1. The lowest BCUT2D eigenvalue weighted by Crippen LogP contribution is -2.38. The fourth-order valence-electron chi connectivity index (χ4n) is 6.62. The van der Waals surface area contributed by atoms with E-state index in [1.54, 1.807) is 25.1 Å². The highest BCUT2D eigenvalue weighted by atomic mass is 19.1. The zero-order valence-electron chi connectivity index (χ0n) is 27.6. The fourth-order valence-corrected chi connectivity index (χ4v) is 6.62. The van der Waals surface area contributed by atoms with Crippen LogP contribution in [0, 0.1) is 24.6 Å². The van der Waals surface area contributed by atoms with Gasteiger partial charge in [-0.1, -0.05) is 13.8 Å². The average molecular weight is 594 g/mol. The first-order chi connectivity index (χ1) is 20.5. The van der Waals surface area contributed by atoms with Gasteiger partial charge in [-0.15, -0.1) is 0 Å². The first-order valence-electron chi connectivity index (χ1n) is 15.9. The fraction of sp³-hybridized carbons (Fsp3) is 0.600. The van der Waals surface area contributed by atoms with Crippen LogP contribution in [-0.4, -0.2) is 96.2 Å². The van der Waals surface area contributed by atoms with E-state index in [1.807, 2.05) is 26.2 Å². The predicted molar refractivity (Wildman–Crippen MR) is 174 cm³/mol. The summed E-state index contributed by atoms with van der Waals surface area (Å²) in [5, 5.41) is 1.19. The number of methoxy groups -OCH3 is 1. The zero-order chi connectivity index (χ0) is 31.3. The van der Waals surface area contributed by atoms with Crippen LogP contribution < -0.4 is 0 Å². The van der Waals surface area contributed by atoms with Crippen molar-refractivity contribution in [2.24, 2.45) is 11.8 Å². The summed E-state index contributed by atoms with van der Waals surface area (Å²) < 4.78 is 21.7. The number of carbonyl (C=O) groups is 1. The molecule has 1 fully saturated rings. The second-order valence-electron chi connectivity index (χ2n) is 13.1. The lowest BCUT2D eigenvalue weighted by Gasteiger charge is -2.32. The van der Waals surface area contributed by atoms with E-state index in [2.05, 4.69) is 53.4 Å². The van der Waals surface area contributed by atoms with Crippen LogP contribution in [-0.2, 0) is 11.2 Å². The number of ether oxygens (including phenoxy) is 1. The van der Waals surface area contributed by atoms with E-state index in [4.69, 9.17) is 4.74 Å². The molecule has 0 saturated carbocycles. The van der Waals surface area contributed by atoms with Crippen molar-refractivity contribution in [3.05, 3.63) is 59.3 Å². The maximum atomic E-state index is 14.5. The van der Waals surface area contributed by atoms with E-state index in [9.17, 15) is 9.18 Å². The first-order valence-corrected chi connectivity index (χ1v) is 15.9. The Hall–Kier alpha value is -2.81. The average Bonchev–Trinajstić information content (AvgIpc) is 3.58. The molecule has 3 aromatic rings. The van der Waals surface area contributed by atoms with Gasteiger partial charge < -0.3 is 19.1 Å². The van der Waals surface area contributed by atoms with Gasteiger partial charge >= 0.3 is 0 Å². The van der Waals surface area contributed by atoms with Crippen LogP contribution in [0.25, 0.3) is 16.6 Å². The Labute approximate surface area is 258 Å². The molecule has 2 aromatic heterocycles. The molecule has 1 saturated heterocycles. The van der Waals surface area contributed by atoms with E-state index >= 15 is 0 Å². The molecule has 1 aliphatic heterocycles. The topological polar surface area (TPSA) is 53.8 Å².